The van der Waals surface area contributed by atoms with Crippen molar-refractivity contribution in [2.24, 2.45) is 5.92 Å². The summed E-state index contributed by atoms with van der Waals surface area (Å²) in [4.78, 5) is 31.6. The Balaban J connectivity index is 1.33. The molecule has 158 valence electrons. The van der Waals surface area contributed by atoms with E-state index in [0.717, 1.165) is 30.7 Å². The number of nitrogens with zero attached hydrogens (tertiary/aromatic N) is 2. The summed E-state index contributed by atoms with van der Waals surface area (Å²) >= 11 is 0. The third-order valence-electron chi connectivity index (χ3n) is 5.64. The molecule has 2 aromatic carbocycles. The monoisotopic (exact) mass is 414 g/mol. The number of benzene rings is 2. The molecule has 31 heavy (non-hydrogen) atoms. The van der Waals surface area contributed by atoms with Gasteiger partial charge in [0.25, 0.3) is 0 Å². The lowest BCUT2D eigenvalue weighted by Gasteiger charge is -2.32. The summed E-state index contributed by atoms with van der Waals surface area (Å²) in [5.74, 6) is 1.51. The van der Waals surface area contributed by atoms with E-state index in [2.05, 4.69) is 4.98 Å². The van der Waals surface area contributed by atoms with Gasteiger partial charge in [-0.25, -0.2) is 0 Å². The van der Waals surface area contributed by atoms with Crippen LogP contribution in [0.3, 0.4) is 0 Å². The zero-order chi connectivity index (χ0) is 21.5. The second kappa shape index (κ2) is 10.0. The summed E-state index contributed by atoms with van der Waals surface area (Å²) in [7, 11) is 0. The van der Waals surface area contributed by atoms with Crippen LogP contribution in [-0.4, -0.2) is 34.7 Å². The van der Waals surface area contributed by atoms with Gasteiger partial charge in [-0.1, -0.05) is 18.2 Å². The number of hydrogen-bond donors (Lipinski definition) is 0. The Morgan fingerprint density at radius 1 is 0.935 bits per heavy atom. The number of aryl methyl sites for hydroxylation is 1. The fourth-order valence-corrected chi connectivity index (χ4v) is 3.92. The minimum absolute atomic E-state index is 0.0953. The molecule has 0 bridgehead atoms. The molecular weight excluding hydrogens is 388 g/mol. The Morgan fingerprint density at radius 2 is 1.65 bits per heavy atom. The Hall–Kier alpha value is -3.47. The molecule has 1 atom stereocenters. The van der Waals surface area contributed by atoms with Gasteiger partial charge in [0.2, 0.25) is 5.91 Å². The van der Waals surface area contributed by atoms with Gasteiger partial charge in [0.15, 0.2) is 5.78 Å². The van der Waals surface area contributed by atoms with Crippen molar-refractivity contribution in [3.05, 3.63) is 90.3 Å². The van der Waals surface area contributed by atoms with Gasteiger partial charge in [-0.05, 0) is 73.4 Å². The predicted octanol–water partition coefficient (Wildman–Crippen LogP) is 4.93. The lowest BCUT2D eigenvalue weighted by molar-refractivity contribution is -0.132. The van der Waals surface area contributed by atoms with Crippen LogP contribution in [0.15, 0.2) is 79.1 Å². The van der Waals surface area contributed by atoms with Crippen molar-refractivity contribution in [1.82, 2.24) is 9.88 Å². The highest BCUT2D eigenvalue weighted by Gasteiger charge is 2.28. The molecule has 5 nitrogen and oxygen atoms in total. The molecule has 0 spiro atoms. The van der Waals surface area contributed by atoms with Crippen molar-refractivity contribution in [3.8, 4) is 11.5 Å². The lowest BCUT2D eigenvalue weighted by Crippen LogP contribution is -2.42. The van der Waals surface area contributed by atoms with Gasteiger partial charge < -0.3 is 9.64 Å². The molecule has 1 saturated heterocycles. The highest BCUT2D eigenvalue weighted by Crippen LogP contribution is 2.25. The quantitative estimate of drug-likeness (QED) is 0.515. The number of ketones is 1. The highest BCUT2D eigenvalue weighted by molar-refractivity contribution is 5.98. The van der Waals surface area contributed by atoms with Crippen LogP contribution >= 0.6 is 0 Å². The van der Waals surface area contributed by atoms with Crippen LogP contribution in [0.25, 0.3) is 0 Å². The number of carbonyl (C=O) groups is 2. The van der Waals surface area contributed by atoms with E-state index in [-0.39, 0.29) is 17.6 Å². The van der Waals surface area contributed by atoms with E-state index in [4.69, 9.17) is 4.74 Å². The average molecular weight is 415 g/mol. The highest BCUT2D eigenvalue weighted by atomic mass is 16.5. The van der Waals surface area contributed by atoms with Crippen molar-refractivity contribution in [2.75, 3.05) is 13.1 Å². The number of ether oxygens (including phenoxy) is 1. The van der Waals surface area contributed by atoms with Crippen LogP contribution in [0, 0.1) is 5.92 Å². The molecule has 1 fully saturated rings. The summed E-state index contributed by atoms with van der Waals surface area (Å²) < 4.78 is 5.80. The number of aromatic nitrogens is 1. The molecule has 5 heteroatoms. The van der Waals surface area contributed by atoms with E-state index < -0.39 is 0 Å². The van der Waals surface area contributed by atoms with Crippen LogP contribution in [0.4, 0.5) is 0 Å². The first-order valence-electron chi connectivity index (χ1n) is 10.7. The first-order chi connectivity index (χ1) is 15.2. The third kappa shape index (κ3) is 5.57. The number of Topliss-reactive ketones (excluding diaryl/α,β-unsaturated/α-hetero) is 1. The van der Waals surface area contributed by atoms with E-state index in [1.807, 2.05) is 71.6 Å². The first-order valence-corrected chi connectivity index (χ1v) is 10.7. The smallest absolute Gasteiger partial charge is 0.222 e. The molecule has 1 aliphatic rings. The summed E-state index contributed by atoms with van der Waals surface area (Å²) in [6, 6.07) is 20.7. The Bertz CT molecular complexity index is 1000. The molecule has 3 aromatic rings. The van der Waals surface area contributed by atoms with Gasteiger partial charge in [0.1, 0.15) is 11.5 Å². The number of rotatable bonds is 7. The molecule has 1 unspecified atom stereocenters. The second-order valence-corrected chi connectivity index (χ2v) is 7.84. The van der Waals surface area contributed by atoms with E-state index in [9.17, 15) is 9.59 Å². The van der Waals surface area contributed by atoms with Crippen LogP contribution in [0.2, 0.25) is 0 Å². The number of piperidine rings is 1. The van der Waals surface area contributed by atoms with Crippen molar-refractivity contribution >= 4 is 11.7 Å². The number of para-hydroxylation sites is 1. The topological polar surface area (TPSA) is 59.5 Å². The Labute approximate surface area is 182 Å². The standard InChI is InChI=1S/C26H26N2O3/c29-25(13-8-20-14-16-27-17-15-20)28-18-4-5-22(19-28)26(30)21-9-11-24(12-10-21)31-23-6-2-1-3-7-23/h1-3,6-7,9-12,14-17,22H,4-5,8,13,18-19H2. The van der Waals surface area contributed by atoms with Gasteiger partial charge in [0.05, 0.1) is 0 Å². The first kappa shape index (κ1) is 20.8. The van der Waals surface area contributed by atoms with E-state index in [1.165, 1.54) is 0 Å². The van der Waals surface area contributed by atoms with Crippen molar-refractivity contribution in [3.63, 3.8) is 0 Å². The second-order valence-electron chi connectivity index (χ2n) is 7.84. The molecule has 2 heterocycles. The van der Waals surface area contributed by atoms with Crippen molar-refractivity contribution < 1.29 is 14.3 Å². The van der Waals surface area contributed by atoms with Crippen molar-refractivity contribution in [1.29, 1.82) is 0 Å². The molecule has 0 aliphatic carbocycles. The minimum atomic E-state index is -0.153. The lowest BCUT2D eigenvalue weighted by atomic mass is 9.89. The Morgan fingerprint density at radius 3 is 2.39 bits per heavy atom. The summed E-state index contributed by atoms with van der Waals surface area (Å²) in [6.45, 7) is 1.22. The average Bonchev–Trinajstić information content (AvgIpc) is 2.84. The van der Waals surface area contributed by atoms with Gasteiger partial charge in [-0.3, -0.25) is 14.6 Å². The molecule has 1 amide bonds. The van der Waals surface area contributed by atoms with E-state index in [1.54, 1.807) is 12.4 Å². The minimum Gasteiger partial charge on any atom is -0.457 e. The van der Waals surface area contributed by atoms with Crippen LogP contribution in [0.1, 0.15) is 35.2 Å². The maximum absolute atomic E-state index is 13.0. The fourth-order valence-electron chi connectivity index (χ4n) is 3.92. The SMILES string of the molecule is O=C(c1ccc(Oc2ccccc2)cc1)C1CCCN(C(=O)CCc2ccncc2)C1. The maximum Gasteiger partial charge on any atom is 0.222 e. The third-order valence-corrected chi connectivity index (χ3v) is 5.64. The number of pyridine rings is 1. The zero-order valence-electron chi connectivity index (χ0n) is 17.4. The van der Waals surface area contributed by atoms with Gasteiger partial charge in [0, 0.05) is 43.4 Å². The molecule has 0 radical (unpaired) electrons. The van der Waals surface area contributed by atoms with Crippen molar-refractivity contribution in [2.45, 2.75) is 25.7 Å². The maximum atomic E-state index is 13.0. The van der Waals surface area contributed by atoms with Crippen LogP contribution < -0.4 is 4.74 Å². The summed E-state index contributed by atoms with van der Waals surface area (Å²) in [6.07, 6.45) is 6.30. The summed E-state index contributed by atoms with van der Waals surface area (Å²) in [5, 5.41) is 0. The molecule has 4 rings (SSSR count). The van der Waals surface area contributed by atoms with Gasteiger partial charge in [-0.15, -0.1) is 0 Å². The zero-order valence-corrected chi connectivity index (χ0v) is 17.4. The molecular formula is C26H26N2O3. The van der Waals surface area contributed by atoms with Crippen LogP contribution in [0.5, 0.6) is 11.5 Å². The number of hydrogen-bond acceptors (Lipinski definition) is 4. The van der Waals surface area contributed by atoms with Gasteiger partial charge in [-0.2, -0.15) is 0 Å². The molecule has 1 aromatic heterocycles. The largest absolute Gasteiger partial charge is 0.457 e. The van der Waals surface area contributed by atoms with Crippen LogP contribution in [-0.2, 0) is 11.2 Å². The fraction of sp³-hybridized carbons (Fsp3) is 0.269. The molecule has 0 saturated carbocycles. The number of amides is 1. The molecule has 0 N–H and O–H groups in total. The Kier molecular flexibility index (Phi) is 6.72. The van der Waals surface area contributed by atoms with Gasteiger partial charge >= 0.3 is 0 Å². The predicted molar refractivity (Wildman–Crippen MR) is 119 cm³/mol. The number of likely N-dealkylation sites (tertiary alicyclic amines) is 1. The number of carbonyl (C=O) groups excluding carboxylic acids is 2. The summed E-state index contributed by atoms with van der Waals surface area (Å²) in [5.41, 5.74) is 1.77. The normalized spacial score (nSPS) is 16.0. The van der Waals surface area contributed by atoms with E-state index in [0.29, 0.717) is 30.7 Å². The molecule has 1 aliphatic heterocycles. The van der Waals surface area contributed by atoms with E-state index >= 15 is 0 Å².